The number of hydrogen-bond donors (Lipinski definition) is 13. The van der Waals surface area contributed by atoms with Gasteiger partial charge in [-0.05, 0) is 65.2 Å². The standard InChI is InChI=1S/C45H38O16/c46-20-4-6-22-32(14-20)59-43(18-2-9-26(49)29(52)12-18)40(57)34(22)36-38(55)24-16-31(54)42(17-1-8-25(48)28(51)11-17)61-45(24)37(39(36)56)35-23-7-5-21(47)15-33(23)60-44(41(35)58)19-3-10-27(50)30(53)13-19/h1-15,31,34-35,40-44,46-58H,16H2/t31-,34+,35+,40+,41+,42+,43+,44+/m0/s1. The Kier molecular flexibility index (Phi) is 9.23. The van der Waals surface area contributed by atoms with Gasteiger partial charge in [0.05, 0.1) is 6.10 Å². The molecule has 0 aromatic heterocycles. The number of aliphatic hydroxyl groups excluding tert-OH is 3. The van der Waals surface area contributed by atoms with Gasteiger partial charge < -0.3 is 80.6 Å². The van der Waals surface area contributed by atoms with Gasteiger partial charge >= 0.3 is 0 Å². The lowest BCUT2D eigenvalue weighted by Crippen LogP contribution is -2.38. The molecule has 3 aliphatic heterocycles. The molecule has 61 heavy (non-hydrogen) atoms. The fraction of sp³-hybridized carbons (Fsp3) is 0.200. The maximum atomic E-state index is 12.9. The maximum Gasteiger partial charge on any atom is 0.157 e. The van der Waals surface area contributed by atoms with Gasteiger partial charge in [-0.3, -0.25) is 0 Å². The van der Waals surface area contributed by atoms with Crippen molar-refractivity contribution in [2.45, 2.75) is 54.9 Å². The first kappa shape index (κ1) is 39.1. The number of aliphatic hydroxyl groups is 3. The van der Waals surface area contributed by atoms with Crippen LogP contribution in [0.1, 0.15) is 74.7 Å². The van der Waals surface area contributed by atoms with E-state index >= 15 is 0 Å². The van der Waals surface area contributed by atoms with Crippen molar-refractivity contribution in [2.24, 2.45) is 0 Å². The highest BCUT2D eigenvalue weighted by Gasteiger charge is 2.49. The first-order chi connectivity index (χ1) is 29.1. The first-order valence-electron chi connectivity index (χ1n) is 19.0. The van der Waals surface area contributed by atoms with E-state index in [1.165, 1.54) is 78.9 Å². The molecule has 8 atom stereocenters. The van der Waals surface area contributed by atoms with E-state index in [1.807, 2.05) is 0 Å². The van der Waals surface area contributed by atoms with Crippen LogP contribution < -0.4 is 14.2 Å². The highest BCUT2D eigenvalue weighted by molar-refractivity contribution is 5.70. The largest absolute Gasteiger partial charge is 0.508 e. The van der Waals surface area contributed by atoms with Gasteiger partial charge in [-0.15, -0.1) is 0 Å². The second-order valence-corrected chi connectivity index (χ2v) is 15.3. The highest BCUT2D eigenvalue weighted by atomic mass is 16.5. The molecule has 0 saturated carbocycles. The number of ether oxygens (including phenoxy) is 3. The average molecular weight is 835 g/mol. The lowest BCUT2D eigenvalue weighted by molar-refractivity contribution is 0.000360. The summed E-state index contributed by atoms with van der Waals surface area (Å²) in [5.74, 6) is -7.77. The molecule has 3 aliphatic rings. The van der Waals surface area contributed by atoms with Crippen LogP contribution in [0, 0.1) is 0 Å². The molecule has 0 saturated heterocycles. The Balaban J connectivity index is 1.31. The van der Waals surface area contributed by atoms with E-state index < -0.39 is 94.5 Å². The molecule has 0 aliphatic carbocycles. The second-order valence-electron chi connectivity index (χ2n) is 15.3. The maximum absolute atomic E-state index is 12.9. The molecule has 0 spiro atoms. The Morgan fingerprint density at radius 2 is 0.836 bits per heavy atom. The number of benzene rings is 6. The quantitative estimate of drug-likeness (QED) is 0.101. The molecule has 0 radical (unpaired) electrons. The smallest absolute Gasteiger partial charge is 0.157 e. The Morgan fingerprint density at radius 1 is 0.410 bits per heavy atom. The third-order valence-electron chi connectivity index (χ3n) is 11.7. The van der Waals surface area contributed by atoms with Gasteiger partial charge in [0.15, 0.2) is 46.7 Å². The van der Waals surface area contributed by atoms with E-state index in [9.17, 15) is 66.4 Å². The summed E-state index contributed by atoms with van der Waals surface area (Å²) in [4.78, 5) is 0. The number of aromatic hydroxyl groups is 10. The number of phenols is 10. The van der Waals surface area contributed by atoms with E-state index in [0.717, 1.165) is 12.1 Å². The van der Waals surface area contributed by atoms with Gasteiger partial charge in [-0.2, -0.15) is 0 Å². The topological polar surface area (TPSA) is 291 Å². The minimum atomic E-state index is -1.69. The summed E-state index contributed by atoms with van der Waals surface area (Å²) in [5, 5.41) is 144. The molecule has 13 N–H and O–H groups in total. The summed E-state index contributed by atoms with van der Waals surface area (Å²) < 4.78 is 18.9. The molecule has 0 bridgehead atoms. The molecule has 16 heteroatoms. The summed E-state index contributed by atoms with van der Waals surface area (Å²) in [5.41, 5.74) is 0.295. The van der Waals surface area contributed by atoms with Gasteiger partial charge in [-0.1, -0.05) is 30.3 Å². The van der Waals surface area contributed by atoms with Crippen LogP contribution >= 0.6 is 0 Å². The van der Waals surface area contributed by atoms with Gasteiger partial charge in [0.1, 0.15) is 58.6 Å². The van der Waals surface area contributed by atoms with Crippen molar-refractivity contribution in [1.82, 2.24) is 0 Å². The molecule has 16 nitrogen and oxygen atoms in total. The molecule has 0 fully saturated rings. The zero-order valence-electron chi connectivity index (χ0n) is 31.5. The number of hydrogen-bond acceptors (Lipinski definition) is 16. The van der Waals surface area contributed by atoms with E-state index in [4.69, 9.17) is 14.2 Å². The van der Waals surface area contributed by atoms with E-state index in [-0.39, 0.29) is 79.7 Å². The van der Waals surface area contributed by atoms with Gasteiger partial charge in [0.2, 0.25) is 0 Å². The fourth-order valence-corrected chi connectivity index (χ4v) is 8.75. The Hall–Kier alpha value is -7.40. The Morgan fingerprint density at radius 3 is 1.28 bits per heavy atom. The fourth-order valence-electron chi connectivity index (χ4n) is 8.75. The second kappa shape index (κ2) is 14.4. The Bertz CT molecular complexity index is 2730. The van der Waals surface area contributed by atoms with E-state index in [1.54, 1.807) is 0 Å². The number of phenolic OH excluding ortho intramolecular Hbond substituents is 10. The summed E-state index contributed by atoms with van der Waals surface area (Å²) >= 11 is 0. The van der Waals surface area contributed by atoms with Crippen molar-refractivity contribution in [1.29, 1.82) is 0 Å². The van der Waals surface area contributed by atoms with Crippen LogP contribution in [0.2, 0.25) is 0 Å². The summed E-state index contributed by atoms with van der Waals surface area (Å²) in [6.07, 6.45) is -9.21. The van der Waals surface area contributed by atoms with Crippen LogP contribution in [-0.4, -0.2) is 84.7 Å². The molecular weight excluding hydrogens is 796 g/mol. The van der Waals surface area contributed by atoms with Crippen LogP contribution in [0.25, 0.3) is 0 Å². The van der Waals surface area contributed by atoms with E-state index in [2.05, 4.69) is 0 Å². The monoisotopic (exact) mass is 834 g/mol. The van der Waals surface area contributed by atoms with Gasteiger partial charge in [0, 0.05) is 58.2 Å². The van der Waals surface area contributed by atoms with Crippen molar-refractivity contribution in [2.75, 3.05) is 0 Å². The first-order valence-corrected chi connectivity index (χ1v) is 19.0. The SMILES string of the molecule is Oc1ccc2c(c1)O[C@H](c1ccc(O)c(O)c1)[C@H](O)[C@H]2c1c(O)c2c(c([C@H]3c4ccc(O)cc4O[C@H](c4ccc(O)c(O)c4)[C@@H]3O)c1O)O[C@H](c1ccc(O)c(O)c1)[C@@H](O)C2. The minimum absolute atomic E-state index is 0.00791. The van der Waals surface area contributed by atoms with Crippen LogP contribution in [0.15, 0.2) is 91.0 Å². The van der Waals surface area contributed by atoms with Crippen molar-refractivity contribution in [3.8, 4) is 74.7 Å². The predicted molar refractivity (Wildman–Crippen MR) is 211 cm³/mol. The zero-order valence-corrected chi connectivity index (χ0v) is 31.5. The Labute approximate surface area is 345 Å². The number of rotatable bonds is 5. The number of fused-ring (bicyclic) bond motifs is 3. The third kappa shape index (κ3) is 6.35. The normalized spacial score (nSPS) is 24.0. The van der Waals surface area contributed by atoms with Gasteiger partial charge in [0.25, 0.3) is 0 Å². The third-order valence-corrected chi connectivity index (χ3v) is 11.7. The molecule has 0 amide bonds. The van der Waals surface area contributed by atoms with Crippen LogP contribution in [-0.2, 0) is 6.42 Å². The lowest BCUT2D eigenvalue weighted by Gasteiger charge is -2.42. The molecule has 6 aromatic rings. The average Bonchev–Trinajstić information content (AvgIpc) is 3.22. The van der Waals surface area contributed by atoms with Crippen molar-refractivity contribution in [3.05, 3.63) is 136 Å². The lowest BCUT2D eigenvalue weighted by atomic mass is 9.73. The highest BCUT2D eigenvalue weighted by Crippen LogP contribution is 2.60. The molecule has 3 heterocycles. The summed E-state index contributed by atoms with van der Waals surface area (Å²) in [6, 6.07) is 19.2. The molecule has 0 unspecified atom stereocenters. The summed E-state index contributed by atoms with van der Waals surface area (Å²) in [7, 11) is 0. The van der Waals surface area contributed by atoms with Crippen LogP contribution in [0.5, 0.6) is 74.7 Å². The minimum Gasteiger partial charge on any atom is -0.508 e. The van der Waals surface area contributed by atoms with Gasteiger partial charge in [-0.25, -0.2) is 0 Å². The predicted octanol–water partition coefficient (Wildman–Crippen LogP) is 5.03. The van der Waals surface area contributed by atoms with Crippen molar-refractivity contribution >= 4 is 0 Å². The molecule has 6 aromatic carbocycles. The van der Waals surface area contributed by atoms with Crippen molar-refractivity contribution in [3.63, 3.8) is 0 Å². The van der Waals surface area contributed by atoms with E-state index in [0.29, 0.717) is 0 Å². The zero-order chi connectivity index (χ0) is 43.2. The van der Waals surface area contributed by atoms with Crippen LogP contribution in [0.4, 0.5) is 0 Å². The molecule has 314 valence electrons. The van der Waals surface area contributed by atoms with Crippen LogP contribution in [0.3, 0.4) is 0 Å². The molecular formula is C45H38O16. The summed E-state index contributed by atoms with van der Waals surface area (Å²) in [6.45, 7) is 0. The molecule has 9 rings (SSSR count). The van der Waals surface area contributed by atoms with Crippen molar-refractivity contribution < 1.29 is 80.6 Å².